The summed E-state index contributed by atoms with van der Waals surface area (Å²) in [5.74, 6) is 0. The first-order chi connectivity index (χ1) is 9.92. The minimum Gasteiger partial charge on any atom is -0.308 e. The molecule has 0 amide bonds. The molecule has 21 heavy (non-hydrogen) atoms. The van der Waals surface area contributed by atoms with Crippen molar-refractivity contribution in [3.8, 4) is 6.07 Å². The highest BCUT2D eigenvalue weighted by atomic mass is 32.2. The molecule has 0 aliphatic heterocycles. The van der Waals surface area contributed by atoms with Gasteiger partial charge < -0.3 is 5.32 Å². The van der Waals surface area contributed by atoms with Crippen LogP contribution in [0.1, 0.15) is 43.9 Å². The van der Waals surface area contributed by atoms with E-state index in [1.807, 2.05) is 6.07 Å². The van der Waals surface area contributed by atoms with E-state index in [0.29, 0.717) is 0 Å². The maximum absolute atomic E-state index is 12.7. The lowest BCUT2D eigenvalue weighted by atomic mass is 10.2. The maximum atomic E-state index is 12.7. The molecule has 0 radical (unpaired) electrons. The fraction of sp³-hybridized carbons (Fsp3) is 0.571. The number of pyridine rings is 1. The van der Waals surface area contributed by atoms with E-state index in [4.69, 9.17) is 5.26 Å². The van der Waals surface area contributed by atoms with Gasteiger partial charge in [0.1, 0.15) is 16.8 Å². The molecule has 0 saturated carbocycles. The standard InChI is InChI=1S/C14H18F3N3S/c1-3-4-5-6-12(19-2)21-13-10(9-18)7-8-11(20-13)14(15,16)17/h7-8,12,19H,3-6H2,1-2H3. The minimum atomic E-state index is -4.50. The smallest absolute Gasteiger partial charge is 0.308 e. The van der Waals surface area contributed by atoms with Crippen molar-refractivity contribution >= 4 is 11.8 Å². The van der Waals surface area contributed by atoms with Gasteiger partial charge >= 0.3 is 6.18 Å². The Morgan fingerprint density at radius 2 is 2.10 bits per heavy atom. The largest absolute Gasteiger partial charge is 0.433 e. The lowest BCUT2D eigenvalue weighted by Crippen LogP contribution is -2.22. The second kappa shape index (κ2) is 8.25. The lowest BCUT2D eigenvalue weighted by Gasteiger charge is -2.16. The van der Waals surface area contributed by atoms with Gasteiger partial charge in [0.25, 0.3) is 0 Å². The van der Waals surface area contributed by atoms with E-state index in [0.717, 1.165) is 31.7 Å². The highest BCUT2D eigenvalue weighted by molar-refractivity contribution is 7.99. The van der Waals surface area contributed by atoms with Gasteiger partial charge in [-0.2, -0.15) is 18.4 Å². The van der Waals surface area contributed by atoms with Crippen molar-refractivity contribution < 1.29 is 13.2 Å². The highest BCUT2D eigenvalue weighted by Gasteiger charge is 2.33. The van der Waals surface area contributed by atoms with Crippen LogP contribution in [0, 0.1) is 11.3 Å². The molecule has 1 aromatic heterocycles. The molecule has 0 bridgehead atoms. The second-order valence-electron chi connectivity index (χ2n) is 4.55. The number of thioether (sulfide) groups is 1. The minimum absolute atomic E-state index is 0.0559. The first-order valence-corrected chi connectivity index (χ1v) is 7.62. The van der Waals surface area contributed by atoms with Gasteiger partial charge in [-0.3, -0.25) is 0 Å². The molecular formula is C14H18F3N3S. The van der Waals surface area contributed by atoms with Gasteiger partial charge in [-0.1, -0.05) is 37.9 Å². The molecule has 0 saturated heterocycles. The van der Waals surface area contributed by atoms with Crippen LogP contribution in [0.3, 0.4) is 0 Å². The van der Waals surface area contributed by atoms with Crippen molar-refractivity contribution in [1.82, 2.24) is 10.3 Å². The number of unbranched alkanes of at least 4 members (excludes halogenated alkanes) is 2. The predicted octanol–water partition coefficient (Wildman–Crippen LogP) is 4.19. The summed E-state index contributed by atoms with van der Waals surface area (Å²) in [7, 11) is 1.75. The molecule has 3 nitrogen and oxygen atoms in total. The topological polar surface area (TPSA) is 48.7 Å². The number of aromatic nitrogens is 1. The number of nitriles is 1. The Kier molecular flexibility index (Phi) is 6.99. The van der Waals surface area contributed by atoms with Gasteiger partial charge in [-0.05, 0) is 25.6 Å². The average Bonchev–Trinajstić information content (AvgIpc) is 2.45. The van der Waals surface area contributed by atoms with Crippen LogP contribution in [-0.2, 0) is 6.18 Å². The van der Waals surface area contributed by atoms with E-state index in [1.54, 1.807) is 7.05 Å². The third kappa shape index (κ3) is 5.56. The molecule has 1 rings (SSSR count). The SMILES string of the molecule is CCCCCC(NC)Sc1nc(C(F)(F)F)ccc1C#N. The summed E-state index contributed by atoms with van der Waals surface area (Å²) in [6.07, 6.45) is -0.555. The van der Waals surface area contributed by atoms with Crippen LogP contribution in [0.4, 0.5) is 13.2 Å². The molecule has 1 aromatic rings. The fourth-order valence-electron chi connectivity index (χ4n) is 1.75. The predicted molar refractivity (Wildman–Crippen MR) is 76.8 cm³/mol. The monoisotopic (exact) mass is 317 g/mol. The molecule has 0 aliphatic rings. The zero-order chi connectivity index (χ0) is 15.9. The van der Waals surface area contributed by atoms with Crippen LogP contribution in [-0.4, -0.2) is 17.4 Å². The number of halogens is 3. The van der Waals surface area contributed by atoms with E-state index in [2.05, 4.69) is 17.2 Å². The van der Waals surface area contributed by atoms with E-state index < -0.39 is 11.9 Å². The quantitative estimate of drug-likeness (QED) is 0.465. The Bertz CT molecular complexity index is 497. The normalized spacial score (nSPS) is 13.0. The summed E-state index contributed by atoms with van der Waals surface area (Å²) in [6.45, 7) is 2.09. The Hall–Kier alpha value is -1.26. The Labute approximate surface area is 126 Å². The second-order valence-corrected chi connectivity index (χ2v) is 5.74. The number of rotatable bonds is 7. The summed E-state index contributed by atoms with van der Waals surface area (Å²) in [5, 5.41) is 12.1. The van der Waals surface area contributed by atoms with Gasteiger partial charge in [0, 0.05) is 0 Å². The molecule has 116 valence electrons. The zero-order valence-electron chi connectivity index (χ0n) is 12.0. The first-order valence-electron chi connectivity index (χ1n) is 6.74. The van der Waals surface area contributed by atoms with Crippen molar-refractivity contribution in [1.29, 1.82) is 5.26 Å². The van der Waals surface area contributed by atoms with Crippen LogP contribution in [0.15, 0.2) is 17.2 Å². The van der Waals surface area contributed by atoms with Gasteiger partial charge in [0.2, 0.25) is 0 Å². The van der Waals surface area contributed by atoms with Crippen LogP contribution in [0.2, 0.25) is 0 Å². The highest BCUT2D eigenvalue weighted by Crippen LogP contribution is 2.32. The number of hydrogen-bond acceptors (Lipinski definition) is 4. The number of nitrogens with one attached hydrogen (secondary N) is 1. The summed E-state index contributed by atoms with van der Waals surface area (Å²) in [6, 6.07) is 3.91. The molecule has 1 N–H and O–H groups in total. The Balaban J connectivity index is 2.91. The van der Waals surface area contributed by atoms with Crippen LogP contribution < -0.4 is 5.32 Å². The van der Waals surface area contributed by atoms with Crippen molar-refractivity contribution in [2.45, 2.75) is 49.2 Å². The van der Waals surface area contributed by atoms with Gasteiger partial charge in [-0.25, -0.2) is 4.98 Å². The number of nitrogens with zero attached hydrogens (tertiary/aromatic N) is 2. The van der Waals surface area contributed by atoms with Gasteiger partial charge in [0.05, 0.1) is 10.9 Å². The summed E-state index contributed by atoms with van der Waals surface area (Å²) in [4.78, 5) is 3.61. The molecule has 7 heteroatoms. The summed E-state index contributed by atoms with van der Waals surface area (Å²) < 4.78 is 38.1. The molecule has 0 aromatic carbocycles. The van der Waals surface area contributed by atoms with Crippen molar-refractivity contribution in [2.24, 2.45) is 0 Å². The van der Waals surface area contributed by atoms with Gasteiger partial charge in [0.15, 0.2) is 0 Å². The van der Waals surface area contributed by atoms with Gasteiger partial charge in [-0.15, -0.1) is 0 Å². The number of alkyl halides is 3. The van der Waals surface area contributed by atoms with E-state index >= 15 is 0 Å². The first kappa shape index (κ1) is 17.8. The average molecular weight is 317 g/mol. The third-order valence-corrected chi connectivity index (χ3v) is 4.21. The Morgan fingerprint density at radius 1 is 1.38 bits per heavy atom. The molecule has 1 unspecified atom stereocenters. The molecule has 1 atom stereocenters. The van der Waals surface area contributed by atoms with Crippen LogP contribution in [0.5, 0.6) is 0 Å². The fourth-order valence-corrected chi connectivity index (χ4v) is 2.81. The van der Waals surface area contributed by atoms with Crippen LogP contribution >= 0.6 is 11.8 Å². The molecule has 1 heterocycles. The lowest BCUT2D eigenvalue weighted by molar-refractivity contribution is -0.141. The molecule has 0 aliphatic carbocycles. The molecule has 0 fully saturated rings. The molecular weight excluding hydrogens is 299 g/mol. The van der Waals surface area contributed by atoms with Crippen LogP contribution in [0.25, 0.3) is 0 Å². The Morgan fingerprint density at radius 3 is 2.62 bits per heavy atom. The third-order valence-electron chi connectivity index (χ3n) is 2.92. The van der Waals surface area contributed by atoms with E-state index in [-0.39, 0.29) is 16.0 Å². The van der Waals surface area contributed by atoms with E-state index in [9.17, 15) is 13.2 Å². The maximum Gasteiger partial charge on any atom is 0.433 e. The van der Waals surface area contributed by atoms with E-state index in [1.165, 1.54) is 17.8 Å². The summed E-state index contributed by atoms with van der Waals surface area (Å²) in [5.41, 5.74) is -0.795. The number of hydrogen-bond donors (Lipinski definition) is 1. The zero-order valence-corrected chi connectivity index (χ0v) is 12.8. The van der Waals surface area contributed by atoms with Crippen molar-refractivity contribution in [3.05, 3.63) is 23.4 Å². The summed E-state index contributed by atoms with van der Waals surface area (Å²) >= 11 is 1.18. The van der Waals surface area contributed by atoms with Crippen molar-refractivity contribution in [2.75, 3.05) is 7.05 Å². The van der Waals surface area contributed by atoms with Crippen molar-refractivity contribution in [3.63, 3.8) is 0 Å². The molecule has 0 spiro atoms.